The number of halogens is 1. The molecule has 1 N–H and O–H groups in total. The third kappa shape index (κ3) is 8.29. The molecule has 0 spiro atoms. The van der Waals surface area contributed by atoms with Crippen LogP contribution in [0.25, 0.3) is 0 Å². The van der Waals surface area contributed by atoms with Gasteiger partial charge in [-0.2, -0.15) is 0 Å². The van der Waals surface area contributed by atoms with Crippen molar-refractivity contribution in [3.63, 3.8) is 0 Å². The number of anilines is 1. The monoisotopic (exact) mass is 357 g/mol. The molecule has 6 heteroatoms. The Balaban J connectivity index is 2.41. The molecule has 0 heterocycles. The molecule has 1 amide bonds. The summed E-state index contributed by atoms with van der Waals surface area (Å²) in [7, 11) is 1.57. The second-order valence-corrected chi connectivity index (χ2v) is 5.81. The third-order valence-electron chi connectivity index (χ3n) is 3.48. The van der Waals surface area contributed by atoms with Crippen molar-refractivity contribution in [1.82, 2.24) is 0 Å². The number of benzene rings is 1. The van der Waals surface area contributed by atoms with Crippen LogP contribution < -0.4 is 14.8 Å². The number of amides is 1. The first-order valence-corrected chi connectivity index (χ1v) is 9.05. The first-order chi connectivity index (χ1) is 11.7. The van der Waals surface area contributed by atoms with Crippen molar-refractivity contribution in [1.29, 1.82) is 0 Å². The second kappa shape index (κ2) is 12.8. The summed E-state index contributed by atoms with van der Waals surface area (Å²) in [6.07, 6.45) is 6.76. The molecule has 0 aromatic heterocycles. The SMILES string of the molecule is CCCCCCCCOc1ccc(NC(=O)OCCCl)cc1OC. The Hall–Kier alpha value is -1.62. The molecule has 0 saturated heterocycles. The topological polar surface area (TPSA) is 56.8 Å². The number of unbranched alkanes of at least 4 members (excludes halogenated alkanes) is 5. The predicted octanol–water partition coefficient (Wildman–Crippen LogP) is 5.22. The van der Waals surface area contributed by atoms with Crippen LogP contribution in [0.4, 0.5) is 10.5 Å². The number of carbonyl (C=O) groups excluding carboxylic acids is 1. The minimum Gasteiger partial charge on any atom is -0.493 e. The average molecular weight is 358 g/mol. The Morgan fingerprint density at radius 2 is 1.83 bits per heavy atom. The van der Waals surface area contributed by atoms with Crippen molar-refractivity contribution in [3.8, 4) is 11.5 Å². The summed E-state index contributed by atoms with van der Waals surface area (Å²) in [6, 6.07) is 5.24. The van der Waals surface area contributed by atoms with Gasteiger partial charge in [0.25, 0.3) is 0 Å². The van der Waals surface area contributed by atoms with E-state index >= 15 is 0 Å². The number of ether oxygens (including phenoxy) is 3. The quantitative estimate of drug-likeness (QED) is 0.411. The summed E-state index contributed by atoms with van der Waals surface area (Å²) in [5, 5.41) is 2.62. The van der Waals surface area contributed by atoms with Crippen molar-refractivity contribution in [2.24, 2.45) is 0 Å². The molecule has 24 heavy (non-hydrogen) atoms. The van der Waals surface area contributed by atoms with Crippen LogP contribution in [0.5, 0.6) is 11.5 Å². The van der Waals surface area contributed by atoms with E-state index in [1.54, 1.807) is 25.3 Å². The van der Waals surface area contributed by atoms with Gasteiger partial charge in [0, 0.05) is 11.8 Å². The van der Waals surface area contributed by atoms with Crippen LogP contribution in [-0.2, 0) is 4.74 Å². The first-order valence-electron chi connectivity index (χ1n) is 8.51. The van der Waals surface area contributed by atoms with E-state index < -0.39 is 6.09 Å². The zero-order valence-corrected chi connectivity index (χ0v) is 15.4. The molecule has 136 valence electrons. The fourth-order valence-corrected chi connectivity index (χ4v) is 2.29. The van der Waals surface area contributed by atoms with Gasteiger partial charge in [0.1, 0.15) is 6.61 Å². The minimum atomic E-state index is -0.543. The molecule has 1 aromatic carbocycles. The van der Waals surface area contributed by atoms with E-state index in [0.717, 1.165) is 6.42 Å². The van der Waals surface area contributed by atoms with E-state index in [1.165, 1.54) is 32.1 Å². The summed E-state index contributed by atoms with van der Waals surface area (Å²) >= 11 is 5.47. The van der Waals surface area contributed by atoms with Crippen LogP contribution in [0.3, 0.4) is 0 Å². The summed E-state index contributed by atoms with van der Waals surface area (Å²) < 4.78 is 16.0. The zero-order chi connectivity index (χ0) is 17.6. The molecule has 5 nitrogen and oxygen atoms in total. The number of rotatable bonds is 12. The summed E-state index contributed by atoms with van der Waals surface area (Å²) in [4.78, 5) is 11.5. The Kier molecular flexibility index (Phi) is 10.9. The second-order valence-electron chi connectivity index (χ2n) is 5.43. The Labute approximate surface area is 149 Å². The Morgan fingerprint density at radius 1 is 1.08 bits per heavy atom. The first kappa shape index (κ1) is 20.4. The highest BCUT2D eigenvalue weighted by Gasteiger charge is 2.08. The fourth-order valence-electron chi connectivity index (χ4n) is 2.21. The van der Waals surface area contributed by atoms with Crippen molar-refractivity contribution in [2.45, 2.75) is 45.4 Å². The summed E-state index contributed by atoms with van der Waals surface area (Å²) in [5.41, 5.74) is 0.582. The van der Waals surface area contributed by atoms with E-state index in [4.69, 9.17) is 25.8 Å². The van der Waals surface area contributed by atoms with Crippen LogP contribution in [0.15, 0.2) is 18.2 Å². The van der Waals surface area contributed by atoms with Crippen molar-refractivity contribution in [2.75, 3.05) is 31.5 Å². The van der Waals surface area contributed by atoms with E-state index in [-0.39, 0.29) is 12.5 Å². The van der Waals surface area contributed by atoms with Gasteiger partial charge < -0.3 is 14.2 Å². The highest BCUT2D eigenvalue weighted by Crippen LogP contribution is 2.30. The predicted molar refractivity (Wildman–Crippen MR) is 97.6 cm³/mol. The van der Waals surface area contributed by atoms with Gasteiger partial charge in [-0.05, 0) is 18.6 Å². The van der Waals surface area contributed by atoms with E-state index in [0.29, 0.717) is 23.8 Å². The molecule has 1 aromatic rings. The van der Waals surface area contributed by atoms with Crippen LogP contribution in [-0.4, -0.2) is 32.3 Å². The third-order valence-corrected chi connectivity index (χ3v) is 3.63. The lowest BCUT2D eigenvalue weighted by molar-refractivity contribution is 0.168. The van der Waals surface area contributed by atoms with E-state index in [9.17, 15) is 4.79 Å². The number of nitrogens with one attached hydrogen (secondary N) is 1. The van der Waals surface area contributed by atoms with Crippen LogP contribution in [0.1, 0.15) is 45.4 Å². The summed E-state index contributed by atoms with van der Waals surface area (Å²) in [5.74, 6) is 1.52. The van der Waals surface area contributed by atoms with Gasteiger partial charge in [0.2, 0.25) is 0 Å². The number of methoxy groups -OCH3 is 1. The highest BCUT2D eigenvalue weighted by molar-refractivity contribution is 6.18. The molecule has 0 aliphatic rings. The zero-order valence-electron chi connectivity index (χ0n) is 14.6. The average Bonchev–Trinajstić information content (AvgIpc) is 2.60. The molecule has 0 bridgehead atoms. The normalized spacial score (nSPS) is 10.3. The molecule has 0 atom stereocenters. The lowest BCUT2D eigenvalue weighted by atomic mass is 10.1. The molecular weight excluding hydrogens is 330 g/mol. The van der Waals surface area contributed by atoms with Crippen molar-refractivity contribution in [3.05, 3.63) is 18.2 Å². The molecule has 0 fully saturated rings. The number of hydrogen-bond acceptors (Lipinski definition) is 4. The van der Waals surface area contributed by atoms with E-state index in [2.05, 4.69) is 12.2 Å². The van der Waals surface area contributed by atoms with E-state index in [1.807, 2.05) is 0 Å². The van der Waals surface area contributed by atoms with Gasteiger partial charge >= 0.3 is 6.09 Å². The van der Waals surface area contributed by atoms with Gasteiger partial charge in [-0.1, -0.05) is 39.0 Å². The Morgan fingerprint density at radius 3 is 2.54 bits per heavy atom. The maximum atomic E-state index is 11.5. The Bertz CT molecular complexity index is 482. The lowest BCUT2D eigenvalue weighted by Gasteiger charge is -2.13. The summed E-state index contributed by atoms with van der Waals surface area (Å²) in [6.45, 7) is 3.04. The van der Waals surface area contributed by atoms with Gasteiger partial charge in [0.15, 0.2) is 11.5 Å². The standard InChI is InChI=1S/C18H28ClNO4/c1-3-4-5-6-7-8-12-23-16-10-9-15(14-17(16)22-2)20-18(21)24-13-11-19/h9-10,14H,3-8,11-13H2,1-2H3,(H,20,21). The van der Waals surface area contributed by atoms with Crippen molar-refractivity contribution < 1.29 is 19.0 Å². The number of alkyl halides is 1. The maximum absolute atomic E-state index is 11.5. The number of carbonyl (C=O) groups is 1. The smallest absolute Gasteiger partial charge is 0.411 e. The van der Waals surface area contributed by atoms with Crippen LogP contribution in [0.2, 0.25) is 0 Å². The fraction of sp³-hybridized carbons (Fsp3) is 0.611. The number of hydrogen-bond donors (Lipinski definition) is 1. The van der Waals surface area contributed by atoms with Crippen LogP contribution >= 0.6 is 11.6 Å². The molecule has 0 radical (unpaired) electrons. The van der Waals surface area contributed by atoms with Crippen molar-refractivity contribution >= 4 is 23.4 Å². The van der Waals surface area contributed by atoms with Gasteiger partial charge in [-0.15, -0.1) is 11.6 Å². The molecule has 0 aliphatic heterocycles. The maximum Gasteiger partial charge on any atom is 0.411 e. The molecule has 0 saturated carbocycles. The minimum absolute atomic E-state index is 0.171. The lowest BCUT2D eigenvalue weighted by Crippen LogP contribution is -2.15. The molecule has 0 unspecified atom stereocenters. The highest BCUT2D eigenvalue weighted by atomic mass is 35.5. The molecular formula is C18H28ClNO4. The van der Waals surface area contributed by atoms with Gasteiger partial charge in [-0.25, -0.2) is 4.79 Å². The van der Waals surface area contributed by atoms with Crippen LogP contribution in [0, 0.1) is 0 Å². The van der Waals surface area contributed by atoms with Gasteiger partial charge in [0.05, 0.1) is 19.6 Å². The van der Waals surface area contributed by atoms with Gasteiger partial charge in [-0.3, -0.25) is 5.32 Å². The molecule has 0 aliphatic carbocycles. The largest absolute Gasteiger partial charge is 0.493 e. The molecule has 1 rings (SSSR count).